The molecular weight excluding hydrogens is 557 g/mol. The van der Waals surface area contributed by atoms with E-state index in [1.807, 2.05) is 24.1 Å². The SMILES string of the molecule is CN1CCOc2cc(S(=O)(=O)N[C@H](CC(=O)N[C@@H]3CCCc4cc(CN5CCCCC5)ccc43)C(F)(F)F)ccc21. The van der Waals surface area contributed by atoms with Crippen molar-refractivity contribution in [2.24, 2.45) is 0 Å². The maximum absolute atomic E-state index is 14.0. The number of ether oxygens (including phenoxy) is 1. The smallest absolute Gasteiger partial charge is 0.405 e. The molecule has 0 spiro atoms. The minimum absolute atomic E-state index is 0.276. The van der Waals surface area contributed by atoms with Crippen LogP contribution < -0.4 is 19.7 Å². The summed E-state index contributed by atoms with van der Waals surface area (Å²) in [7, 11) is -2.78. The van der Waals surface area contributed by atoms with Gasteiger partial charge in [0.2, 0.25) is 15.9 Å². The number of amides is 1. The molecule has 5 rings (SSSR count). The van der Waals surface area contributed by atoms with Crippen molar-refractivity contribution in [2.75, 3.05) is 38.2 Å². The highest BCUT2D eigenvalue weighted by molar-refractivity contribution is 7.89. The van der Waals surface area contributed by atoms with E-state index in [0.717, 1.165) is 43.6 Å². The van der Waals surface area contributed by atoms with E-state index in [9.17, 15) is 26.4 Å². The Bertz CT molecular complexity index is 1360. The monoisotopic (exact) mass is 594 g/mol. The zero-order valence-corrected chi connectivity index (χ0v) is 24.0. The molecule has 2 heterocycles. The van der Waals surface area contributed by atoms with Gasteiger partial charge < -0.3 is 15.0 Å². The third-order valence-corrected chi connectivity index (χ3v) is 9.60. The molecule has 2 aromatic carbocycles. The van der Waals surface area contributed by atoms with E-state index in [-0.39, 0.29) is 10.6 Å². The molecule has 0 unspecified atom stereocenters. The Kier molecular flexibility index (Phi) is 8.81. The molecule has 1 fully saturated rings. The standard InChI is InChI=1S/C29H37F3N4O4S/c1-35-14-15-40-26-17-22(9-11-25(26)35)41(38,39)34-27(29(30,31)32)18-28(37)33-24-7-5-6-21-16-20(8-10-23(21)24)19-36-12-3-2-4-13-36/h8-11,16-17,24,27,34H,2-7,12-15,18-19H2,1H3,(H,33,37)/t24-,27-/m1/s1. The van der Waals surface area contributed by atoms with Gasteiger partial charge in [0.1, 0.15) is 18.4 Å². The summed E-state index contributed by atoms with van der Waals surface area (Å²) in [5.74, 6) is -0.585. The maximum Gasteiger partial charge on any atom is 0.405 e. The lowest BCUT2D eigenvalue weighted by Crippen LogP contribution is -2.48. The van der Waals surface area contributed by atoms with Gasteiger partial charge in [0, 0.05) is 19.7 Å². The average Bonchev–Trinajstić information content (AvgIpc) is 2.93. The minimum Gasteiger partial charge on any atom is -0.490 e. The van der Waals surface area contributed by atoms with Crippen LogP contribution in [0.5, 0.6) is 5.75 Å². The predicted molar refractivity (Wildman–Crippen MR) is 149 cm³/mol. The Balaban J connectivity index is 1.25. The lowest BCUT2D eigenvalue weighted by Gasteiger charge is -2.30. The van der Waals surface area contributed by atoms with Crippen LogP contribution in [0.15, 0.2) is 41.3 Å². The summed E-state index contributed by atoms with van der Waals surface area (Å²) in [6.07, 6.45) is -0.109. The first-order valence-corrected chi connectivity index (χ1v) is 15.7. The molecule has 1 aliphatic carbocycles. The van der Waals surface area contributed by atoms with E-state index in [2.05, 4.69) is 16.3 Å². The van der Waals surface area contributed by atoms with E-state index < -0.39 is 40.6 Å². The Hall–Kier alpha value is -2.83. The van der Waals surface area contributed by atoms with E-state index in [0.29, 0.717) is 25.3 Å². The number of aryl methyl sites for hydroxylation is 1. The van der Waals surface area contributed by atoms with Crippen LogP contribution >= 0.6 is 0 Å². The first-order chi connectivity index (χ1) is 19.5. The van der Waals surface area contributed by atoms with E-state index in [1.54, 1.807) is 4.72 Å². The number of alkyl halides is 3. The van der Waals surface area contributed by atoms with Crippen LogP contribution in [0, 0.1) is 0 Å². The van der Waals surface area contributed by atoms with Gasteiger partial charge in [0.15, 0.2) is 0 Å². The van der Waals surface area contributed by atoms with Crippen molar-refractivity contribution in [3.63, 3.8) is 0 Å². The molecule has 0 saturated carbocycles. The molecule has 0 radical (unpaired) electrons. The van der Waals surface area contributed by atoms with Gasteiger partial charge in [-0.05, 0) is 74.0 Å². The molecule has 1 amide bonds. The highest BCUT2D eigenvalue weighted by Gasteiger charge is 2.44. The molecule has 224 valence electrons. The number of hydrogen-bond acceptors (Lipinski definition) is 6. The van der Waals surface area contributed by atoms with Gasteiger partial charge in [-0.15, -0.1) is 0 Å². The predicted octanol–water partition coefficient (Wildman–Crippen LogP) is 4.29. The largest absolute Gasteiger partial charge is 0.490 e. The molecule has 2 aliphatic heterocycles. The van der Waals surface area contributed by atoms with E-state index in [4.69, 9.17) is 4.74 Å². The number of benzene rings is 2. The van der Waals surface area contributed by atoms with Crippen LogP contribution in [0.4, 0.5) is 18.9 Å². The normalized spacial score (nSPS) is 20.5. The third kappa shape index (κ3) is 7.15. The second-order valence-corrected chi connectivity index (χ2v) is 12.9. The number of carbonyl (C=O) groups excluding carboxylic acids is 1. The fourth-order valence-electron chi connectivity index (χ4n) is 5.92. The van der Waals surface area contributed by atoms with Gasteiger partial charge in [-0.1, -0.05) is 24.6 Å². The average molecular weight is 595 g/mol. The van der Waals surface area contributed by atoms with E-state index in [1.165, 1.54) is 43.0 Å². The molecule has 2 N–H and O–H groups in total. The quantitative estimate of drug-likeness (QED) is 0.474. The van der Waals surface area contributed by atoms with Crippen LogP contribution in [0.25, 0.3) is 0 Å². The molecule has 12 heteroatoms. The summed E-state index contributed by atoms with van der Waals surface area (Å²) < 4.78 is 75.0. The van der Waals surface area contributed by atoms with Gasteiger partial charge in [-0.3, -0.25) is 9.69 Å². The van der Waals surface area contributed by atoms with Crippen molar-refractivity contribution in [3.8, 4) is 5.75 Å². The van der Waals surface area contributed by atoms with E-state index >= 15 is 0 Å². The Labute approximate surface area is 239 Å². The molecule has 2 atom stereocenters. The van der Waals surface area contributed by atoms with Gasteiger partial charge in [-0.2, -0.15) is 17.9 Å². The molecule has 2 aromatic rings. The van der Waals surface area contributed by atoms with Crippen molar-refractivity contribution < 1.29 is 31.1 Å². The third-order valence-electron chi connectivity index (χ3n) is 8.13. The number of carbonyl (C=O) groups is 1. The van der Waals surface area contributed by atoms with Crippen LogP contribution in [-0.2, 0) is 27.8 Å². The number of anilines is 1. The Morgan fingerprint density at radius 3 is 2.61 bits per heavy atom. The maximum atomic E-state index is 14.0. The number of halogens is 3. The first kappa shape index (κ1) is 29.7. The fourth-order valence-corrected chi connectivity index (χ4v) is 7.15. The van der Waals surface area contributed by atoms with Crippen molar-refractivity contribution in [1.82, 2.24) is 14.9 Å². The summed E-state index contributed by atoms with van der Waals surface area (Å²) in [5, 5.41) is 2.74. The molecule has 0 bridgehead atoms. The number of likely N-dealkylation sites (N-methyl/N-ethyl adjacent to an activating group) is 1. The lowest BCUT2D eigenvalue weighted by atomic mass is 9.86. The van der Waals surface area contributed by atoms with Crippen molar-refractivity contribution in [1.29, 1.82) is 0 Å². The number of nitrogens with zero attached hydrogens (tertiary/aromatic N) is 2. The second kappa shape index (κ2) is 12.2. The van der Waals surface area contributed by atoms with Gasteiger partial charge in [-0.25, -0.2) is 8.42 Å². The number of piperidine rings is 1. The van der Waals surface area contributed by atoms with Crippen LogP contribution in [0.2, 0.25) is 0 Å². The summed E-state index contributed by atoms with van der Waals surface area (Å²) in [5.41, 5.74) is 3.86. The van der Waals surface area contributed by atoms with Gasteiger partial charge >= 0.3 is 6.18 Å². The van der Waals surface area contributed by atoms with Crippen molar-refractivity contribution in [3.05, 3.63) is 53.1 Å². The van der Waals surface area contributed by atoms with Gasteiger partial charge in [0.05, 0.1) is 29.6 Å². The van der Waals surface area contributed by atoms with Crippen LogP contribution in [0.3, 0.4) is 0 Å². The molecule has 3 aliphatic rings. The number of likely N-dealkylation sites (tertiary alicyclic amines) is 1. The van der Waals surface area contributed by atoms with Crippen LogP contribution in [0.1, 0.15) is 61.3 Å². The number of fused-ring (bicyclic) bond motifs is 2. The Morgan fingerprint density at radius 2 is 1.85 bits per heavy atom. The minimum atomic E-state index is -4.97. The lowest BCUT2D eigenvalue weighted by molar-refractivity contribution is -0.158. The topological polar surface area (TPSA) is 91.0 Å². The molecule has 8 nitrogen and oxygen atoms in total. The van der Waals surface area contributed by atoms with Crippen LogP contribution in [-0.4, -0.2) is 64.7 Å². The fraction of sp³-hybridized carbons (Fsp3) is 0.552. The second-order valence-electron chi connectivity index (χ2n) is 11.2. The zero-order valence-electron chi connectivity index (χ0n) is 23.2. The van der Waals surface area contributed by atoms with Gasteiger partial charge in [0.25, 0.3) is 0 Å². The number of rotatable bonds is 8. The summed E-state index contributed by atoms with van der Waals surface area (Å²) in [6.45, 7) is 3.96. The summed E-state index contributed by atoms with van der Waals surface area (Å²) >= 11 is 0. The molecular formula is C29H37F3N4O4S. The number of nitrogens with one attached hydrogen (secondary N) is 2. The summed E-state index contributed by atoms with van der Waals surface area (Å²) in [4.78, 5) is 16.8. The number of sulfonamides is 1. The number of hydrogen-bond donors (Lipinski definition) is 2. The molecule has 0 aromatic heterocycles. The molecule has 1 saturated heterocycles. The zero-order chi connectivity index (χ0) is 29.2. The molecule has 41 heavy (non-hydrogen) atoms. The Morgan fingerprint density at radius 1 is 1.07 bits per heavy atom. The highest BCUT2D eigenvalue weighted by atomic mass is 32.2. The van der Waals surface area contributed by atoms with Crippen molar-refractivity contribution in [2.45, 2.75) is 74.6 Å². The first-order valence-electron chi connectivity index (χ1n) is 14.2. The van der Waals surface area contributed by atoms with Crippen molar-refractivity contribution >= 4 is 21.6 Å². The summed E-state index contributed by atoms with van der Waals surface area (Å²) in [6, 6.07) is 7.09. The highest BCUT2D eigenvalue weighted by Crippen LogP contribution is 2.34.